The Balaban J connectivity index is 1.45. The zero-order chi connectivity index (χ0) is 26.6. The summed E-state index contributed by atoms with van der Waals surface area (Å²) in [7, 11) is 1.92. The minimum absolute atomic E-state index is 0.0470. The van der Waals surface area contributed by atoms with Gasteiger partial charge in [0.05, 0.1) is 5.69 Å². The molecule has 7 heteroatoms. The third-order valence-corrected chi connectivity index (χ3v) is 8.20. The smallest absolute Gasteiger partial charge is 0.223 e. The van der Waals surface area contributed by atoms with E-state index in [1.807, 2.05) is 52.8 Å². The van der Waals surface area contributed by atoms with E-state index < -0.39 is 0 Å². The van der Waals surface area contributed by atoms with Crippen LogP contribution in [-0.2, 0) is 36.1 Å². The largest absolute Gasteiger partial charge is 0.337 e. The maximum atomic E-state index is 13.8. The lowest BCUT2D eigenvalue weighted by Crippen LogP contribution is -2.45. The number of carbonyl (C=O) groups is 2. The minimum atomic E-state index is 0.0470. The molecule has 2 aliphatic heterocycles. The molecule has 200 valence electrons. The Hall–Kier alpha value is -3.45. The Kier molecular flexibility index (Phi) is 7.93. The van der Waals surface area contributed by atoms with Crippen LogP contribution in [0.15, 0.2) is 60.8 Å². The Bertz CT molecular complexity index is 1270. The highest BCUT2D eigenvalue weighted by Gasteiger charge is 2.36. The third kappa shape index (κ3) is 5.83. The first-order valence-corrected chi connectivity index (χ1v) is 13.8. The molecule has 0 aliphatic carbocycles. The van der Waals surface area contributed by atoms with Gasteiger partial charge in [0.2, 0.25) is 11.8 Å². The SMILES string of the molecule is CC(=O)N1CC[C@@H]2CC[C@H](CN(C(=O)CCc3cn(C)nc3C)Cc3ccccc31)N2Cc1ccccc1. The van der Waals surface area contributed by atoms with Crippen LogP contribution in [0.1, 0.15) is 55.0 Å². The second kappa shape index (κ2) is 11.5. The lowest BCUT2D eigenvalue weighted by molar-refractivity contribution is -0.132. The van der Waals surface area contributed by atoms with Crippen molar-refractivity contribution in [1.82, 2.24) is 19.6 Å². The van der Waals surface area contributed by atoms with E-state index >= 15 is 0 Å². The maximum Gasteiger partial charge on any atom is 0.223 e. The lowest BCUT2D eigenvalue weighted by Gasteiger charge is -2.34. The molecule has 0 N–H and O–H groups in total. The van der Waals surface area contributed by atoms with Crippen LogP contribution in [0.2, 0.25) is 0 Å². The van der Waals surface area contributed by atoms with E-state index in [-0.39, 0.29) is 11.8 Å². The van der Waals surface area contributed by atoms with E-state index in [0.29, 0.717) is 44.6 Å². The zero-order valence-corrected chi connectivity index (χ0v) is 22.8. The highest BCUT2D eigenvalue weighted by molar-refractivity contribution is 5.92. The number of benzene rings is 2. The first-order chi connectivity index (χ1) is 18.4. The molecule has 38 heavy (non-hydrogen) atoms. The van der Waals surface area contributed by atoms with Crippen LogP contribution >= 0.6 is 0 Å². The van der Waals surface area contributed by atoms with Crippen LogP contribution in [0.5, 0.6) is 0 Å². The first-order valence-electron chi connectivity index (χ1n) is 13.8. The van der Waals surface area contributed by atoms with Gasteiger partial charge < -0.3 is 9.80 Å². The first kappa shape index (κ1) is 26.2. The van der Waals surface area contributed by atoms with Gasteiger partial charge in [0.15, 0.2) is 0 Å². The summed E-state index contributed by atoms with van der Waals surface area (Å²) < 4.78 is 1.81. The van der Waals surface area contributed by atoms with Crippen LogP contribution in [0, 0.1) is 6.92 Å². The Morgan fingerprint density at radius 3 is 2.45 bits per heavy atom. The molecule has 3 heterocycles. The number of amides is 2. The molecule has 5 rings (SSSR count). The van der Waals surface area contributed by atoms with E-state index in [1.54, 1.807) is 6.92 Å². The fourth-order valence-electron chi connectivity index (χ4n) is 6.22. The summed E-state index contributed by atoms with van der Waals surface area (Å²) in [6, 6.07) is 19.3. The number of nitrogens with zero attached hydrogens (tertiary/aromatic N) is 5. The normalized spacial score (nSPS) is 20.2. The molecule has 7 nitrogen and oxygen atoms in total. The monoisotopic (exact) mass is 513 g/mol. The Morgan fingerprint density at radius 1 is 0.974 bits per heavy atom. The van der Waals surface area contributed by atoms with Crippen LogP contribution in [-0.4, -0.2) is 56.6 Å². The number of anilines is 1. The average Bonchev–Trinajstić information content (AvgIpc) is 3.42. The van der Waals surface area contributed by atoms with E-state index in [9.17, 15) is 9.59 Å². The molecular weight excluding hydrogens is 474 g/mol. The van der Waals surface area contributed by atoms with Crippen LogP contribution in [0.25, 0.3) is 0 Å². The zero-order valence-electron chi connectivity index (χ0n) is 22.8. The number of para-hydroxylation sites is 1. The summed E-state index contributed by atoms with van der Waals surface area (Å²) in [5, 5.41) is 4.45. The molecule has 2 amide bonds. The van der Waals surface area contributed by atoms with Crippen molar-refractivity contribution in [2.24, 2.45) is 7.05 Å². The minimum Gasteiger partial charge on any atom is -0.337 e. The highest BCUT2D eigenvalue weighted by atomic mass is 16.2. The summed E-state index contributed by atoms with van der Waals surface area (Å²) in [6.45, 7) is 6.39. The van der Waals surface area contributed by atoms with Crippen molar-refractivity contribution in [3.8, 4) is 0 Å². The van der Waals surface area contributed by atoms with Crippen LogP contribution < -0.4 is 4.90 Å². The lowest BCUT2D eigenvalue weighted by atomic mass is 10.1. The van der Waals surface area contributed by atoms with E-state index in [1.165, 1.54) is 5.56 Å². The quantitative estimate of drug-likeness (QED) is 0.505. The van der Waals surface area contributed by atoms with E-state index in [4.69, 9.17) is 0 Å². The molecule has 0 spiro atoms. The third-order valence-electron chi connectivity index (χ3n) is 8.20. The molecular formula is C31H39N5O2. The molecule has 2 aliphatic rings. The van der Waals surface area contributed by atoms with Crippen molar-refractivity contribution in [2.45, 2.75) is 71.1 Å². The number of fused-ring (bicyclic) bond motifs is 3. The van der Waals surface area contributed by atoms with Crippen molar-refractivity contribution in [3.05, 3.63) is 83.2 Å². The fourth-order valence-corrected chi connectivity index (χ4v) is 6.22. The number of hydrogen-bond acceptors (Lipinski definition) is 4. The van der Waals surface area contributed by atoms with Gasteiger partial charge in [-0.25, -0.2) is 0 Å². The van der Waals surface area contributed by atoms with Crippen LogP contribution in [0.3, 0.4) is 0 Å². The second-order valence-electron chi connectivity index (χ2n) is 10.8. The van der Waals surface area contributed by atoms with Crippen LogP contribution in [0.4, 0.5) is 5.69 Å². The maximum absolute atomic E-state index is 13.8. The van der Waals surface area contributed by atoms with Gasteiger partial charge in [-0.3, -0.25) is 19.2 Å². The predicted octanol–water partition coefficient (Wildman–Crippen LogP) is 4.48. The van der Waals surface area contributed by atoms with Gasteiger partial charge in [0, 0.05) is 70.5 Å². The number of aromatic nitrogens is 2. The van der Waals surface area contributed by atoms with Gasteiger partial charge in [-0.2, -0.15) is 5.10 Å². The molecule has 2 aromatic carbocycles. The number of aryl methyl sites for hydroxylation is 3. The molecule has 3 aromatic rings. The van der Waals surface area contributed by atoms with Crippen molar-refractivity contribution >= 4 is 17.5 Å². The second-order valence-corrected chi connectivity index (χ2v) is 10.8. The predicted molar refractivity (Wildman–Crippen MR) is 150 cm³/mol. The summed E-state index contributed by atoms with van der Waals surface area (Å²) in [4.78, 5) is 33.2. The molecule has 1 aromatic heterocycles. The van der Waals surface area contributed by atoms with Gasteiger partial charge in [-0.1, -0.05) is 48.5 Å². The Labute approximate surface area is 226 Å². The fraction of sp³-hybridized carbons (Fsp3) is 0.452. The number of carbonyl (C=O) groups excluding carboxylic acids is 2. The molecule has 1 fully saturated rings. The van der Waals surface area contributed by atoms with Gasteiger partial charge in [0.1, 0.15) is 0 Å². The Morgan fingerprint density at radius 2 is 1.71 bits per heavy atom. The van der Waals surface area contributed by atoms with Gasteiger partial charge in [-0.05, 0) is 55.4 Å². The molecule has 0 unspecified atom stereocenters. The summed E-state index contributed by atoms with van der Waals surface area (Å²) >= 11 is 0. The van der Waals surface area contributed by atoms with Crippen molar-refractivity contribution in [2.75, 3.05) is 18.0 Å². The highest BCUT2D eigenvalue weighted by Crippen LogP contribution is 2.32. The summed E-state index contributed by atoms with van der Waals surface area (Å²) in [5.41, 5.74) is 5.34. The molecule has 0 saturated carbocycles. The van der Waals surface area contributed by atoms with Crippen molar-refractivity contribution in [1.29, 1.82) is 0 Å². The van der Waals surface area contributed by atoms with Crippen molar-refractivity contribution in [3.63, 3.8) is 0 Å². The average molecular weight is 514 g/mol. The van der Waals surface area contributed by atoms with Gasteiger partial charge in [-0.15, -0.1) is 0 Å². The van der Waals surface area contributed by atoms with E-state index in [2.05, 4.69) is 46.4 Å². The molecule has 2 atom stereocenters. The standard InChI is InChI=1S/C31H39N5O2/c1-23-26(20-33(3)32-23)13-16-31(38)34-21-27-11-7-8-12-30(27)35(24(2)37)18-17-28-14-15-29(22-34)36(28)19-25-9-5-4-6-10-25/h4-12,20,28-29H,13-19,21-22H2,1-3H3/t28-,29+/m0/s1. The van der Waals surface area contributed by atoms with Gasteiger partial charge >= 0.3 is 0 Å². The molecule has 2 bridgehead atoms. The summed E-state index contributed by atoms with van der Waals surface area (Å²) in [5.74, 6) is 0.200. The van der Waals surface area contributed by atoms with Gasteiger partial charge in [0.25, 0.3) is 0 Å². The topological polar surface area (TPSA) is 61.7 Å². The molecule has 0 radical (unpaired) electrons. The molecule has 1 saturated heterocycles. The summed E-state index contributed by atoms with van der Waals surface area (Å²) in [6.07, 6.45) is 6.20. The van der Waals surface area contributed by atoms with E-state index in [0.717, 1.165) is 48.3 Å². The van der Waals surface area contributed by atoms with Crippen molar-refractivity contribution < 1.29 is 9.59 Å². The number of hydrogen-bond donors (Lipinski definition) is 0. The number of rotatable bonds is 5.